The number of carbonyl (C=O) groups is 2. The zero-order chi connectivity index (χ0) is 22.8. The van der Waals surface area contributed by atoms with Gasteiger partial charge in [-0.1, -0.05) is 24.3 Å². The lowest BCUT2D eigenvalue weighted by molar-refractivity contribution is -0.225. The van der Waals surface area contributed by atoms with Crippen LogP contribution in [0.3, 0.4) is 0 Å². The van der Waals surface area contributed by atoms with Gasteiger partial charge in [0.2, 0.25) is 0 Å². The summed E-state index contributed by atoms with van der Waals surface area (Å²) in [6.45, 7) is 6.85. The summed E-state index contributed by atoms with van der Waals surface area (Å²) in [5.74, 6) is -2.62. The Kier molecular flexibility index (Phi) is 7.25. The van der Waals surface area contributed by atoms with E-state index in [4.69, 9.17) is 18.9 Å². The van der Waals surface area contributed by atoms with Gasteiger partial charge in [0.1, 0.15) is 17.6 Å². The number of aliphatic hydroxyl groups excluding tert-OH is 1. The standard InChI is InChI=1S/C23H34O8/c1-14(29-20(25)15(2)16(3)24)8-6-5-7-9-17-10-11-23(30-17)12-18-19(31-23)22(4,13-28-18)21(26)27/h5-7,9,14-19,24H,8,10-13H2,1-4H3,(H,26,27)/b6-5-,9-7+/t14-,15+,16-,17-,18-,19+,22-,23-/m0/s1. The van der Waals surface area contributed by atoms with Crippen molar-refractivity contribution in [1.82, 2.24) is 0 Å². The van der Waals surface area contributed by atoms with Gasteiger partial charge < -0.3 is 29.2 Å². The molecule has 0 radical (unpaired) electrons. The van der Waals surface area contributed by atoms with E-state index in [9.17, 15) is 19.8 Å². The van der Waals surface area contributed by atoms with Gasteiger partial charge in [-0.05, 0) is 34.1 Å². The molecule has 2 N–H and O–H groups in total. The minimum atomic E-state index is -1.04. The molecule has 3 aliphatic heterocycles. The summed E-state index contributed by atoms with van der Waals surface area (Å²) in [4.78, 5) is 23.5. The number of carbonyl (C=O) groups excluding carboxylic acids is 1. The Morgan fingerprint density at radius 3 is 2.65 bits per heavy atom. The van der Waals surface area contributed by atoms with Crippen molar-refractivity contribution in [3.8, 4) is 0 Å². The third-order valence-corrected chi connectivity index (χ3v) is 6.53. The van der Waals surface area contributed by atoms with Gasteiger partial charge in [0.25, 0.3) is 0 Å². The number of carboxylic acid groups (broad SMARTS) is 1. The number of ether oxygens (including phenoxy) is 4. The Bertz CT molecular complexity index is 731. The fourth-order valence-corrected chi connectivity index (χ4v) is 4.22. The molecule has 8 atom stereocenters. The first-order valence-electron chi connectivity index (χ1n) is 11.0. The maximum atomic E-state index is 11.8. The summed E-state index contributed by atoms with van der Waals surface area (Å²) in [6, 6.07) is 0. The normalized spacial score (nSPS) is 38.0. The molecule has 0 aliphatic carbocycles. The fourth-order valence-electron chi connectivity index (χ4n) is 4.22. The summed E-state index contributed by atoms with van der Waals surface area (Å²) in [6.07, 6.45) is 8.38. The first-order valence-corrected chi connectivity index (χ1v) is 11.0. The second kappa shape index (κ2) is 9.40. The van der Waals surface area contributed by atoms with Gasteiger partial charge in [-0.15, -0.1) is 0 Å². The number of esters is 1. The van der Waals surface area contributed by atoms with E-state index in [2.05, 4.69) is 0 Å². The second-order valence-corrected chi connectivity index (χ2v) is 9.25. The highest BCUT2D eigenvalue weighted by molar-refractivity contribution is 5.76. The van der Waals surface area contributed by atoms with Crippen LogP contribution in [0.2, 0.25) is 0 Å². The van der Waals surface area contributed by atoms with Gasteiger partial charge in [-0.25, -0.2) is 0 Å². The van der Waals surface area contributed by atoms with Crippen LogP contribution >= 0.6 is 0 Å². The SMILES string of the molecule is C[C@H](O)[C@@H](C)C(=O)O[C@@H](C)C/C=C\C=C\[C@H]1CC[C@]2(C[C@@H]3OC[C@](C)(C(=O)O)[C@@H]3O2)O1. The average molecular weight is 439 g/mol. The maximum absolute atomic E-state index is 11.8. The van der Waals surface area contributed by atoms with Gasteiger partial charge in [0.05, 0.1) is 30.8 Å². The Hall–Kier alpha value is -1.74. The highest BCUT2D eigenvalue weighted by Gasteiger charge is 2.63. The third-order valence-electron chi connectivity index (χ3n) is 6.53. The van der Waals surface area contributed by atoms with Gasteiger partial charge in [0.15, 0.2) is 5.79 Å². The highest BCUT2D eigenvalue weighted by Crippen LogP contribution is 2.51. The first kappa shape index (κ1) is 23.9. The number of carboxylic acids is 1. The van der Waals surface area contributed by atoms with Gasteiger partial charge >= 0.3 is 11.9 Å². The van der Waals surface area contributed by atoms with Crippen LogP contribution in [-0.4, -0.2) is 65.1 Å². The van der Waals surface area contributed by atoms with Crippen molar-refractivity contribution in [1.29, 1.82) is 0 Å². The molecule has 0 amide bonds. The lowest BCUT2D eigenvalue weighted by Crippen LogP contribution is -2.42. The summed E-state index contributed by atoms with van der Waals surface area (Å²) in [5, 5.41) is 19.0. The van der Waals surface area contributed by atoms with Crippen LogP contribution in [0.5, 0.6) is 0 Å². The van der Waals surface area contributed by atoms with E-state index >= 15 is 0 Å². The minimum absolute atomic E-state index is 0.110. The van der Waals surface area contributed by atoms with Crippen molar-refractivity contribution in [2.75, 3.05) is 6.61 Å². The number of fused-ring (bicyclic) bond motifs is 1. The molecule has 3 heterocycles. The van der Waals surface area contributed by atoms with Crippen LogP contribution in [0.1, 0.15) is 53.4 Å². The van der Waals surface area contributed by atoms with E-state index in [1.807, 2.05) is 31.2 Å². The number of allylic oxidation sites excluding steroid dienone is 2. The number of aliphatic carboxylic acids is 1. The van der Waals surface area contributed by atoms with Crippen molar-refractivity contribution < 1.29 is 38.7 Å². The molecule has 3 saturated heterocycles. The van der Waals surface area contributed by atoms with Crippen molar-refractivity contribution >= 4 is 11.9 Å². The molecule has 3 fully saturated rings. The van der Waals surface area contributed by atoms with Gasteiger partial charge in [-0.2, -0.15) is 0 Å². The van der Waals surface area contributed by atoms with Crippen LogP contribution in [0.25, 0.3) is 0 Å². The molecule has 3 aliphatic rings. The van der Waals surface area contributed by atoms with Crippen LogP contribution < -0.4 is 0 Å². The maximum Gasteiger partial charge on any atom is 0.314 e. The number of hydrogen-bond acceptors (Lipinski definition) is 7. The zero-order valence-corrected chi connectivity index (χ0v) is 18.7. The summed E-state index contributed by atoms with van der Waals surface area (Å²) >= 11 is 0. The molecule has 0 aromatic carbocycles. The monoisotopic (exact) mass is 438 g/mol. The van der Waals surface area contributed by atoms with Crippen molar-refractivity contribution in [3.05, 3.63) is 24.3 Å². The number of hydrogen-bond donors (Lipinski definition) is 2. The highest BCUT2D eigenvalue weighted by atomic mass is 16.7. The predicted octanol–water partition coefficient (Wildman–Crippen LogP) is 2.59. The molecular formula is C23H34O8. The van der Waals surface area contributed by atoms with Crippen LogP contribution in [0.15, 0.2) is 24.3 Å². The molecule has 1 spiro atoms. The van der Waals surface area contributed by atoms with E-state index < -0.39 is 41.3 Å². The zero-order valence-electron chi connectivity index (χ0n) is 18.7. The van der Waals surface area contributed by atoms with Crippen LogP contribution in [0.4, 0.5) is 0 Å². The molecule has 3 rings (SSSR count). The van der Waals surface area contributed by atoms with Crippen LogP contribution in [0, 0.1) is 11.3 Å². The lowest BCUT2D eigenvalue weighted by Gasteiger charge is -2.29. The Balaban J connectivity index is 1.44. The van der Waals surface area contributed by atoms with Gasteiger partial charge in [0, 0.05) is 19.3 Å². The van der Waals surface area contributed by atoms with E-state index in [0.29, 0.717) is 19.3 Å². The predicted molar refractivity (Wildman–Crippen MR) is 111 cm³/mol. The molecular weight excluding hydrogens is 404 g/mol. The molecule has 174 valence electrons. The molecule has 8 heteroatoms. The quantitative estimate of drug-likeness (QED) is 0.439. The van der Waals surface area contributed by atoms with E-state index in [-0.39, 0.29) is 24.9 Å². The lowest BCUT2D eigenvalue weighted by atomic mass is 9.85. The van der Waals surface area contributed by atoms with Crippen molar-refractivity contribution in [2.45, 2.75) is 89.7 Å². The Labute approximate surface area is 183 Å². The molecule has 8 nitrogen and oxygen atoms in total. The topological polar surface area (TPSA) is 112 Å². The molecule has 31 heavy (non-hydrogen) atoms. The fraction of sp³-hybridized carbons (Fsp3) is 0.739. The van der Waals surface area contributed by atoms with Gasteiger partial charge in [-0.3, -0.25) is 9.59 Å². The Morgan fingerprint density at radius 1 is 1.23 bits per heavy atom. The van der Waals surface area contributed by atoms with E-state index in [1.165, 1.54) is 0 Å². The summed E-state index contributed by atoms with van der Waals surface area (Å²) in [7, 11) is 0. The summed E-state index contributed by atoms with van der Waals surface area (Å²) in [5.41, 5.74) is -1.04. The van der Waals surface area contributed by atoms with Crippen molar-refractivity contribution in [2.24, 2.45) is 11.3 Å². The minimum Gasteiger partial charge on any atom is -0.481 e. The Morgan fingerprint density at radius 2 is 1.97 bits per heavy atom. The van der Waals surface area contributed by atoms with Crippen molar-refractivity contribution in [3.63, 3.8) is 0 Å². The molecule has 0 aromatic heterocycles. The third kappa shape index (κ3) is 5.19. The molecule has 0 saturated carbocycles. The molecule has 0 bridgehead atoms. The van der Waals surface area contributed by atoms with E-state index in [0.717, 1.165) is 6.42 Å². The largest absolute Gasteiger partial charge is 0.481 e. The average Bonchev–Trinajstić information content (AvgIpc) is 3.36. The number of aliphatic hydroxyl groups is 1. The summed E-state index contributed by atoms with van der Waals surface area (Å²) < 4.78 is 23.3. The second-order valence-electron chi connectivity index (χ2n) is 9.25. The smallest absolute Gasteiger partial charge is 0.314 e. The molecule has 0 aromatic rings. The number of rotatable bonds is 8. The first-order chi connectivity index (χ1) is 14.6. The molecule has 0 unspecified atom stereocenters. The van der Waals surface area contributed by atoms with E-state index in [1.54, 1.807) is 20.8 Å². The van der Waals surface area contributed by atoms with Crippen LogP contribution in [-0.2, 0) is 28.5 Å².